The summed E-state index contributed by atoms with van der Waals surface area (Å²) in [6.07, 6.45) is 2.45. The first kappa shape index (κ1) is 17.8. The first-order valence-electron chi connectivity index (χ1n) is 7.30. The molecule has 0 spiro atoms. The van der Waals surface area contributed by atoms with Crippen LogP contribution in [-0.2, 0) is 4.79 Å². The highest BCUT2D eigenvalue weighted by Crippen LogP contribution is 2.27. The van der Waals surface area contributed by atoms with Gasteiger partial charge >= 0.3 is 5.97 Å². The Morgan fingerprint density at radius 3 is 2.69 bits per heavy atom. The van der Waals surface area contributed by atoms with Crippen molar-refractivity contribution in [2.75, 3.05) is 5.75 Å². The van der Waals surface area contributed by atoms with Crippen LogP contribution in [0.1, 0.15) is 11.3 Å². The normalized spacial score (nSPS) is 11.3. The number of hydrogen-bond acceptors (Lipinski definition) is 6. The van der Waals surface area contributed by atoms with Crippen molar-refractivity contribution >= 4 is 23.9 Å². The molecular weight excluding hydrogens is 366 g/mol. The van der Waals surface area contributed by atoms with E-state index in [1.165, 1.54) is 17.0 Å². The van der Waals surface area contributed by atoms with Crippen LogP contribution in [0.2, 0.25) is 0 Å². The van der Waals surface area contributed by atoms with E-state index in [2.05, 4.69) is 15.3 Å². The lowest BCUT2D eigenvalue weighted by Crippen LogP contribution is -2.02. The van der Waals surface area contributed by atoms with E-state index in [0.717, 1.165) is 30.1 Å². The Morgan fingerprint density at radius 2 is 2.08 bits per heavy atom. The van der Waals surface area contributed by atoms with E-state index in [1.807, 2.05) is 0 Å². The average Bonchev–Trinajstić information content (AvgIpc) is 3.18. The third-order valence-electron chi connectivity index (χ3n) is 3.34. The van der Waals surface area contributed by atoms with Crippen molar-refractivity contribution < 1.29 is 23.1 Å². The van der Waals surface area contributed by atoms with Crippen LogP contribution in [0.15, 0.2) is 45.2 Å². The van der Waals surface area contributed by atoms with Gasteiger partial charge in [0.2, 0.25) is 5.16 Å². The molecule has 1 aromatic carbocycles. The highest BCUT2D eigenvalue weighted by atomic mass is 32.2. The fraction of sp³-hybridized carbons (Fsp3) is 0.125. The number of carbonyl (C=O) groups is 1. The number of aromatic nitrogens is 3. The molecule has 2 heterocycles. The van der Waals surface area contributed by atoms with Gasteiger partial charge in [0.1, 0.15) is 17.4 Å². The molecule has 0 unspecified atom stereocenters. The molecule has 0 aliphatic rings. The summed E-state index contributed by atoms with van der Waals surface area (Å²) in [5.74, 6) is -2.07. The zero-order valence-corrected chi connectivity index (χ0v) is 14.2. The summed E-state index contributed by atoms with van der Waals surface area (Å²) in [7, 11) is 0. The zero-order valence-electron chi connectivity index (χ0n) is 13.4. The Labute approximate surface area is 150 Å². The summed E-state index contributed by atoms with van der Waals surface area (Å²) in [5, 5.41) is 21.0. The summed E-state index contributed by atoms with van der Waals surface area (Å²) in [4.78, 5) is 10.8. The smallest absolute Gasteiger partial charge is 0.313 e. The molecule has 10 heteroatoms. The molecule has 0 bridgehead atoms. The molecule has 0 fully saturated rings. The Balaban J connectivity index is 2.05. The minimum atomic E-state index is -1.05. The van der Waals surface area contributed by atoms with Gasteiger partial charge in [-0.15, -0.1) is 10.2 Å². The zero-order chi connectivity index (χ0) is 18.7. The third kappa shape index (κ3) is 3.64. The number of benzene rings is 1. The first-order chi connectivity index (χ1) is 12.5. The van der Waals surface area contributed by atoms with Gasteiger partial charge in [-0.05, 0) is 25.1 Å². The standard InChI is InChI=1S/C16H12F2N4O3S/c1-9-10(5-6-25-9)15-20-21-16(26-8-14(23)24)22(15)19-7-11-12(17)3-2-4-13(11)18/h2-7H,8H2,1H3,(H,23,24). The van der Waals surface area contributed by atoms with Crippen molar-refractivity contribution in [1.29, 1.82) is 0 Å². The number of thioether (sulfide) groups is 1. The molecule has 0 saturated heterocycles. The molecule has 0 atom stereocenters. The molecule has 2 aromatic heterocycles. The maximum absolute atomic E-state index is 13.8. The van der Waals surface area contributed by atoms with Crippen LogP contribution < -0.4 is 0 Å². The van der Waals surface area contributed by atoms with Crippen molar-refractivity contribution in [1.82, 2.24) is 14.9 Å². The number of nitrogens with zero attached hydrogens (tertiary/aromatic N) is 4. The number of halogens is 2. The minimum Gasteiger partial charge on any atom is -0.481 e. The summed E-state index contributed by atoms with van der Waals surface area (Å²) < 4.78 is 34.1. The third-order valence-corrected chi connectivity index (χ3v) is 4.24. The summed E-state index contributed by atoms with van der Waals surface area (Å²) in [6, 6.07) is 5.10. The van der Waals surface area contributed by atoms with Gasteiger partial charge in [-0.1, -0.05) is 17.8 Å². The quantitative estimate of drug-likeness (QED) is 0.523. The lowest BCUT2D eigenvalue weighted by Gasteiger charge is -2.04. The monoisotopic (exact) mass is 378 g/mol. The van der Waals surface area contributed by atoms with E-state index in [9.17, 15) is 13.6 Å². The Kier molecular flexibility index (Phi) is 5.12. The largest absolute Gasteiger partial charge is 0.481 e. The number of rotatable bonds is 6. The van der Waals surface area contributed by atoms with Crippen molar-refractivity contribution in [3.05, 3.63) is 53.5 Å². The van der Waals surface area contributed by atoms with E-state index in [-0.39, 0.29) is 22.3 Å². The molecule has 3 aromatic rings. The van der Waals surface area contributed by atoms with Crippen molar-refractivity contribution in [2.24, 2.45) is 5.10 Å². The molecule has 3 rings (SSSR count). The predicted molar refractivity (Wildman–Crippen MR) is 90.2 cm³/mol. The second-order valence-electron chi connectivity index (χ2n) is 5.07. The number of aryl methyl sites for hydroxylation is 1. The van der Waals surface area contributed by atoms with Crippen molar-refractivity contribution in [3.63, 3.8) is 0 Å². The van der Waals surface area contributed by atoms with Crippen molar-refractivity contribution in [2.45, 2.75) is 12.1 Å². The number of carboxylic acids is 1. The summed E-state index contributed by atoms with van der Waals surface area (Å²) >= 11 is 0.881. The van der Waals surface area contributed by atoms with E-state index in [0.29, 0.717) is 11.3 Å². The summed E-state index contributed by atoms with van der Waals surface area (Å²) in [6.45, 7) is 1.71. The maximum Gasteiger partial charge on any atom is 0.313 e. The van der Waals surface area contributed by atoms with Gasteiger partial charge in [0, 0.05) is 0 Å². The van der Waals surface area contributed by atoms with Crippen molar-refractivity contribution in [3.8, 4) is 11.4 Å². The molecule has 0 saturated carbocycles. The first-order valence-corrected chi connectivity index (χ1v) is 8.28. The van der Waals surface area contributed by atoms with Crippen LogP contribution in [0.3, 0.4) is 0 Å². The molecule has 0 amide bonds. The average molecular weight is 378 g/mol. The lowest BCUT2D eigenvalue weighted by atomic mass is 10.2. The number of furan rings is 1. The molecular formula is C16H12F2N4O3S. The molecule has 1 N–H and O–H groups in total. The number of carboxylic acid groups (broad SMARTS) is 1. The fourth-order valence-corrected chi connectivity index (χ4v) is 2.73. The molecule has 0 aliphatic heterocycles. The Morgan fingerprint density at radius 1 is 1.35 bits per heavy atom. The van der Waals surface area contributed by atoms with Crippen LogP contribution in [-0.4, -0.2) is 37.9 Å². The summed E-state index contributed by atoms with van der Waals surface area (Å²) in [5.41, 5.74) is 0.246. The SMILES string of the molecule is Cc1occc1-c1nnc(SCC(=O)O)n1N=Cc1c(F)cccc1F. The molecule has 26 heavy (non-hydrogen) atoms. The van der Waals surface area contributed by atoms with E-state index in [4.69, 9.17) is 9.52 Å². The molecule has 0 aliphatic carbocycles. The van der Waals surface area contributed by atoms with Gasteiger partial charge in [0.25, 0.3) is 0 Å². The van der Waals surface area contributed by atoms with Crippen LogP contribution in [0.4, 0.5) is 8.78 Å². The molecule has 134 valence electrons. The van der Waals surface area contributed by atoms with Gasteiger partial charge in [-0.25, -0.2) is 8.78 Å². The second-order valence-corrected chi connectivity index (χ2v) is 6.01. The highest BCUT2D eigenvalue weighted by molar-refractivity contribution is 7.99. The lowest BCUT2D eigenvalue weighted by molar-refractivity contribution is -0.133. The van der Waals surface area contributed by atoms with E-state index < -0.39 is 17.6 Å². The van der Waals surface area contributed by atoms with Crippen LogP contribution in [0.25, 0.3) is 11.4 Å². The van der Waals surface area contributed by atoms with Crippen LogP contribution >= 0.6 is 11.8 Å². The van der Waals surface area contributed by atoms with Gasteiger partial charge in [0.05, 0.1) is 29.4 Å². The van der Waals surface area contributed by atoms with Crippen LogP contribution in [0, 0.1) is 18.6 Å². The molecule has 0 radical (unpaired) electrons. The van der Waals surface area contributed by atoms with E-state index in [1.54, 1.807) is 13.0 Å². The van der Waals surface area contributed by atoms with Crippen LogP contribution in [0.5, 0.6) is 0 Å². The number of aliphatic carboxylic acids is 1. The van der Waals surface area contributed by atoms with Gasteiger partial charge in [0.15, 0.2) is 5.82 Å². The van der Waals surface area contributed by atoms with Gasteiger partial charge in [-0.3, -0.25) is 4.79 Å². The molecule has 7 nitrogen and oxygen atoms in total. The second kappa shape index (κ2) is 7.48. The van der Waals surface area contributed by atoms with Gasteiger partial charge in [-0.2, -0.15) is 9.78 Å². The Bertz CT molecular complexity index is 964. The topological polar surface area (TPSA) is 93.5 Å². The fourth-order valence-electron chi connectivity index (χ4n) is 2.12. The Hall–Kier alpha value is -3.01. The predicted octanol–water partition coefficient (Wildman–Crippen LogP) is 3.18. The van der Waals surface area contributed by atoms with Gasteiger partial charge < -0.3 is 9.52 Å². The minimum absolute atomic E-state index is 0.163. The number of hydrogen-bond donors (Lipinski definition) is 1. The highest BCUT2D eigenvalue weighted by Gasteiger charge is 2.18. The maximum atomic E-state index is 13.8. The van der Waals surface area contributed by atoms with E-state index >= 15 is 0 Å².